The van der Waals surface area contributed by atoms with Crippen molar-refractivity contribution in [3.63, 3.8) is 0 Å². The van der Waals surface area contributed by atoms with Crippen LogP contribution in [0.5, 0.6) is 0 Å². The van der Waals surface area contributed by atoms with Gasteiger partial charge >= 0.3 is 0 Å². The zero-order valence-corrected chi connectivity index (χ0v) is 12.2. The number of sulfonamides is 1. The van der Waals surface area contributed by atoms with Gasteiger partial charge in [-0.25, -0.2) is 12.7 Å². The molecule has 1 saturated heterocycles. The average Bonchev–Trinajstić information content (AvgIpc) is 3.11. The normalized spacial score (nSPS) is 30.1. The van der Waals surface area contributed by atoms with Crippen molar-refractivity contribution in [3.8, 4) is 0 Å². The highest BCUT2D eigenvalue weighted by Crippen LogP contribution is 2.39. The number of hydrogen-bond donors (Lipinski definition) is 1. The highest BCUT2D eigenvalue weighted by atomic mass is 32.2. The highest BCUT2D eigenvalue weighted by Gasteiger charge is 2.34. The highest BCUT2D eigenvalue weighted by molar-refractivity contribution is 7.88. The lowest BCUT2D eigenvalue weighted by atomic mass is 9.87. The van der Waals surface area contributed by atoms with Gasteiger partial charge in [-0.15, -0.1) is 0 Å². The summed E-state index contributed by atoms with van der Waals surface area (Å²) in [7, 11) is -3.07. The molecule has 1 aliphatic carbocycles. The molecule has 0 amide bonds. The molecule has 2 rings (SSSR count). The first-order chi connectivity index (χ1) is 8.38. The van der Waals surface area contributed by atoms with Crippen LogP contribution in [-0.2, 0) is 10.0 Å². The molecule has 0 aromatic rings. The molecule has 2 aliphatic rings. The SMILES string of the molecule is CC(C(O)CC1CCCN(S(C)(=O)=O)C1)C1CC1. The van der Waals surface area contributed by atoms with E-state index in [0.717, 1.165) is 19.3 Å². The molecule has 0 aromatic heterocycles. The molecule has 0 spiro atoms. The number of aliphatic hydroxyl groups is 1. The molecule has 5 heteroatoms. The monoisotopic (exact) mass is 275 g/mol. The van der Waals surface area contributed by atoms with Crippen molar-refractivity contribution in [2.24, 2.45) is 17.8 Å². The third-order valence-electron chi connectivity index (χ3n) is 4.50. The summed E-state index contributed by atoms with van der Waals surface area (Å²) in [5.74, 6) is 1.40. The van der Waals surface area contributed by atoms with Gasteiger partial charge in [-0.1, -0.05) is 6.92 Å². The molecule has 4 nitrogen and oxygen atoms in total. The van der Waals surface area contributed by atoms with Gasteiger partial charge in [-0.3, -0.25) is 0 Å². The molecule has 3 atom stereocenters. The topological polar surface area (TPSA) is 57.6 Å². The minimum Gasteiger partial charge on any atom is -0.393 e. The van der Waals surface area contributed by atoms with E-state index in [9.17, 15) is 13.5 Å². The van der Waals surface area contributed by atoms with Gasteiger partial charge in [0.25, 0.3) is 0 Å². The maximum Gasteiger partial charge on any atom is 0.211 e. The molecule has 1 N–H and O–H groups in total. The van der Waals surface area contributed by atoms with Crippen LogP contribution in [0, 0.1) is 17.8 Å². The molecule has 0 aromatic carbocycles. The van der Waals surface area contributed by atoms with Crippen LogP contribution in [0.15, 0.2) is 0 Å². The molecule has 18 heavy (non-hydrogen) atoms. The molecule has 106 valence electrons. The zero-order chi connectivity index (χ0) is 13.3. The van der Waals surface area contributed by atoms with Gasteiger partial charge in [0, 0.05) is 13.1 Å². The molecule has 3 unspecified atom stereocenters. The second-order valence-electron chi connectivity index (χ2n) is 6.13. The fourth-order valence-corrected chi connectivity index (χ4v) is 3.96. The standard InChI is InChI=1S/C13H25NO3S/c1-10(12-5-6-12)13(15)8-11-4-3-7-14(9-11)18(2,16)17/h10-13,15H,3-9H2,1-2H3. The number of rotatable bonds is 5. The van der Waals surface area contributed by atoms with Gasteiger partial charge in [-0.2, -0.15) is 0 Å². The second kappa shape index (κ2) is 5.47. The van der Waals surface area contributed by atoms with Crippen molar-refractivity contribution in [3.05, 3.63) is 0 Å². The summed E-state index contributed by atoms with van der Waals surface area (Å²) in [6.07, 6.45) is 6.23. The number of piperidine rings is 1. The lowest BCUT2D eigenvalue weighted by molar-refractivity contribution is 0.0683. The first kappa shape index (κ1) is 14.3. The summed E-state index contributed by atoms with van der Waals surface area (Å²) in [5.41, 5.74) is 0. The average molecular weight is 275 g/mol. The minimum atomic E-state index is -3.07. The van der Waals surface area contributed by atoms with Gasteiger partial charge < -0.3 is 5.11 Å². The van der Waals surface area contributed by atoms with Gasteiger partial charge in [-0.05, 0) is 49.9 Å². The molecule has 1 aliphatic heterocycles. The number of aliphatic hydroxyl groups excluding tert-OH is 1. The van der Waals surface area contributed by atoms with Crippen LogP contribution in [0.1, 0.15) is 39.0 Å². The first-order valence-electron chi connectivity index (χ1n) is 7.01. The maximum absolute atomic E-state index is 11.5. The number of nitrogens with zero attached hydrogens (tertiary/aromatic N) is 1. The molecular weight excluding hydrogens is 250 g/mol. The Bertz CT molecular complexity index is 378. The van der Waals surface area contributed by atoms with Crippen LogP contribution in [0.4, 0.5) is 0 Å². The Morgan fingerprint density at radius 3 is 2.56 bits per heavy atom. The molecule has 2 fully saturated rings. The van der Waals surface area contributed by atoms with Gasteiger partial charge in [0.1, 0.15) is 0 Å². The Labute approximate surface area is 110 Å². The van der Waals surface area contributed by atoms with E-state index in [1.807, 2.05) is 0 Å². The third-order valence-corrected chi connectivity index (χ3v) is 5.77. The summed E-state index contributed by atoms with van der Waals surface area (Å²) in [4.78, 5) is 0. The van der Waals surface area contributed by atoms with Gasteiger partial charge in [0.05, 0.1) is 12.4 Å². The van der Waals surface area contributed by atoms with Crippen LogP contribution >= 0.6 is 0 Å². The Balaban J connectivity index is 1.85. The lowest BCUT2D eigenvalue weighted by Crippen LogP contribution is -2.40. The van der Waals surface area contributed by atoms with E-state index < -0.39 is 10.0 Å². The van der Waals surface area contributed by atoms with Crippen molar-refractivity contribution < 1.29 is 13.5 Å². The van der Waals surface area contributed by atoms with E-state index in [4.69, 9.17) is 0 Å². The van der Waals surface area contributed by atoms with E-state index in [1.54, 1.807) is 4.31 Å². The first-order valence-corrected chi connectivity index (χ1v) is 8.86. The summed E-state index contributed by atoms with van der Waals surface area (Å²) < 4.78 is 24.6. The van der Waals surface area contributed by atoms with Crippen molar-refractivity contribution in [1.29, 1.82) is 0 Å². The fraction of sp³-hybridized carbons (Fsp3) is 1.00. The van der Waals surface area contributed by atoms with E-state index >= 15 is 0 Å². The van der Waals surface area contributed by atoms with Crippen LogP contribution in [0.25, 0.3) is 0 Å². The summed E-state index contributed by atoms with van der Waals surface area (Å²) in [5, 5.41) is 10.2. The van der Waals surface area contributed by atoms with E-state index in [1.165, 1.54) is 19.1 Å². The largest absolute Gasteiger partial charge is 0.393 e. The van der Waals surface area contributed by atoms with Crippen LogP contribution in [0.3, 0.4) is 0 Å². The third kappa shape index (κ3) is 3.68. The summed E-state index contributed by atoms with van der Waals surface area (Å²) in [6, 6.07) is 0. The van der Waals surface area contributed by atoms with Crippen LogP contribution in [0.2, 0.25) is 0 Å². The second-order valence-corrected chi connectivity index (χ2v) is 8.11. The summed E-state index contributed by atoms with van der Waals surface area (Å²) >= 11 is 0. The van der Waals surface area contributed by atoms with Gasteiger partial charge in [0.15, 0.2) is 0 Å². The Kier molecular flexibility index (Phi) is 4.34. The minimum absolute atomic E-state index is 0.262. The maximum atomic E-state index is 11.5. The van der Waals surface area contributed by atoms with Crippen molar-refractivity contribution in [2.45, 2.75) is 45.1 Å². The zero-order valence-electron chi connectivity index (χ0n) is 11.4. The predicted octanol–water partition coefficient (Wildman–Crippen LogP) is 1.46. The smallest absolute Gasteiger partial charge is 0.211 e. The molecule has 0 radical (unpaired) electrons. The predicted molar refractivity (Wildman–Crippen MR) is 71.7 cm³/mol. The lowest BCUT2D eigenvalue weighted by Gasteiger charge is -2.33. The van der Waals surface area contributed by atoms with Crippen molar-refractivity contribution >= 4 is 10.0 Å². The quantitative estimate of drug-likeness (QED) is 0.826. The molecule has 0 bridgehead atoms. The van der Waals surface area contributed by atoms with Crippen molar-refractivity contribution in [1.82, 2.24) is 4.31 Å². The van der Waals surface area contributed by atoms with Gasteiger partial charge in [0.2, 0.25) is 10.0 Å². The van der Waals surface area contributed by atoms with Crippen LogP contribution < -0.4 is 0 Å². The Hall–Kier alpha value is -0.130. The molecule has 1 heterocycles. The van der Waals surface area contributed by atoms with Crippen LogP contribution in [-0.4, -0.2) is 43.3 Å². The molecule has 1 saturated carbocycles. The summed E-state index contributed by atoms with van der Waals surface area (Å²) in [6.45, 7) is 3.36. The Morgan fingerprint density at radius 2 is 2.00 bits per heavy atom. The van der Waals surface area contributed by atoms with E-state index in [0.29, 0.717) is 30.8 Å². The number of hydrogen-bond acceptors (Lipinski definition) is 3. The van der Waals surface area contributed by atoms with E-state index in [2.05, 4.69) is 6.92 Å². The molecular formula is C13H25NO3S. The Morgan fingerprint density at radius 1 is 1.33 bits per heavy atom. The van der Waals surface area contributed by atoms with Crippen molar-refractivity contribution in [2.75, 3.05) is 19.3 Å². The fourth-order valence-electron chi connectivity index (χ4n) is 3.01. The van der Waals surface area contributed by atoms with E-state index in [-0.39, 0.29) is 6.10 Å².